The van der Waals surface area contributed by atoms with Crippen molar-refractivity contribution in [1.82, 2.24) is 14.8 Å². The van der Waals surface area contributed by atoms with Crippen molar-refractivity contribution in [1.29, 1.82) is 0 Å². The molecule has 5 nitrogen and oxygen atoms in total. The van der Waals surface area contributed by atoms with Crippen LogP contribution >= 0.6 is 0 Å². The third-order valence-electron chi connectivity index (χ3n) is 5.34. The first kappa shape index (κ1) is 16.6. The Labute approximate surface area is 148 Å². The van der Waals surface area contributed by atoms with E-state index in [1.807, 2.05) is 4.90 Å². The van der Waals surface area contributed by atoms with Crippen molar-refractivity contribution < 1.29 is 9.53 Å². The first-order valence-electron chi connectivity index (χ1n) is 9.25. The Morgan fingerprint density at radius 3 is 2.80 bits per heavy atom. The van der Waals surface area contributed by atoms with E-state index in [9.17, 15) is 4.79 Å². The summed E-state index contributed by atoms with van der Waals surface area (Å²) >= 11 is 0. The normalized spacial score (nSPS) is 24.5. The Bertz CT molecular complexity index is 788. The highest BCUT2D eigenvalue weighted by Gasteiger charge is 2.28. The number of nitrogens with zero attached hydrogens (tertiary/aromatic N) is 2. The second kappa shape index (κ2) is 6.46. The molecule has 0 aliphatic carbocycles. The lowest BCUT2D eigenvalue weighted by molar-refractivity contribution is -0.136. The number of carbonyl (C=O) groups is 1. The molecule has 2 aliphatic heterocycles. The van der Waals surface area contributed by atoms with E-state index < -0.39 is 0 Å². The molecule has 5 heteroatoms. The van der Waals surface area contributed by atoms with Crippen LogP contribution in [-0.4, -0.2) is 59.1 Å². The minimum absolute atomic E-state index is 0.195. The predicted octanol–water partition coefficient (Wildman–Crippen LogP) is 2.47. The minimum atomic E-state index is 0.195. The number of rotatable bonds is 2. The monoisotopic (exact) mass is 341 g/mol. The van der Waals surface area contributed by atoms with Gasteiger partial charge in [-0.2, -0.15) is 0 Å². The second-order valence-corrected chi connectivity index (χ2v) is 7.65. The van der Waals surface area contributed by atoms with Crippen molar-refractivity contribution >= 4 is 16.8 Å². The maximum absolute atomic E-state index is 12.8. The van der Waals surface area contributed by atoms with E-state index in [2.05, 4.69) is 48.9 Å². The molecular weight excluding hydrogens is 314 g/mol. The number of aromatic nitrogens is 1. The van der Waals surface area contributed by atoms with Gasteiger partial charge in [0.2, 0.25) is 5.91 Å². The van der Waals surface area contributed by atoms with Gasteiger partial charge >= 0.3 is 0 Å². The summed E-state index contributed by atoms with van der Waals surface area (Å²) < 4.78 is 5.77. The van der Waals surface area contributed by atoms with Crippen molar-refractivity contribution in [3.8, 4) is 0 Å². The van der Waals surface area contributed by atoms with Gasteiger partial charge in [-0.05, 0) is 32.9 Å². The maximum Gasteiger partial charge on any atom is 0.237 e. The molecule has 25 heavy (non-hydrogen) atoms. The Balaban J connectivity index is 1.49. The smallest absolute Gasteiger partial charge is 0.237 e. The molecule has 2 aliphatic rings. The molecule has 4 rings (SSSR count). The molecule has 0 unspecified atom stereocenters. The van der Waals surface area contributed by atoms with Gasteiger partial charge in [0, 0.05) is 54.8 Å². The molecule has 134 valence electrons. The van der Waals surface area contributed by atoms with Crippen LogP contribution in [0.15, 0.2) is 18.2 Å². The SMILES string of the molecule is Cc1ccc2[nH]c3c(c2c1)CN(C(=O)CN1C[C@@H](C)O[C@@H](C)C1)CC3. The molecule has 0 saturated carbocycles. The number of nitrogens with one attached hydrogen (secondary N) is 1. The average Bonchev–Trinajstić information content (AvgIpc) is 2.91. The quantitative estimate of drug-likeness (QED) is 0.913. The first-order valence-corrected chi connectivity index (χ1v) is 9.25. The third kappa shape index (κ3) is 3.31. The predicted molar refractivity (Wildman–Crippen MR) is 98.6 cm³/mol. The van der Waals surface area contributed by atoms with Crippen LogP contribution in [0.2, 0.25) is 0 Å². The zero-order valence-electron chi connectivity index (χ0n) is 15.3. The van der Waals surface area contributed by atoms with Crippen molar-refractivity contribution in [2.75, 3.05) is 26.2 Å². The zero-order chi connectivity index (χ0) is 17.6. The highest BCUT2D eigenvalue weighted by Crippen LogP contribution is 2.28. The van der Waals surface area contributed by atoms with E-state index in [0.717, 1.165) is 26.1 Å². The standard InChI is InChI=1S/C20H27N3O2/c1-13-4-5-18-16(8-13)17-11-23(7-6-19(17)21-18)20(24)12-22-9-14(2)25-15(3)10-22/h4-5,8,14-15,21H,6-7,9-12H2,1-3H3/t14-,15+. The number of amides is 1. The summed E-state index contributed by atoms with van der Waals surface area (Å²) in [7, 11) is 0. The molecule has 0 bridgehead atoms. The van der Waals surface area contributed by atoms with Crippen molar-refractivity contribution in [2.45, 2.75) is 45.9 Å². The van der Waals surface area contributed by atoms with E-state index in [1.54, 1.807) is 0 Å². The molecule has 2 atom stereocenters. The van der Waals surface area contributed by atoms with Crippen LogP contribution in [-0.2, 0) is 22.5 Å². The van der Waals surface area contributed by atoms with Crippen LogP contribution in [0.1, 0.15) is 30.7 Å². The number of morpholine rings is 1. The van der Waals surface area contributed by atoms with Crippen LogP contribution in [0, 0.1) is 6.92 Å². The number of aromatic amines is 1. The van der Waals surface area contributed by atoms with Gasteiger partial charge in [-0.15, -0.1) is 0 Å². The number of carbonyl (C=O) groups excluding carboxylic acids is 1. The Kier molecular flexibility index (Phi) is 4.29. The number of hydrogen-bond donors (Lipinski definition) is 1. The fourth-order valence-electron chi connectivity index (χ4n) is 4.25. The Hall–Kier alpha value is -1.85. The van der Waals surface area contributed by atoms with Crippen molar-refractivity contribution in [2.24, 2.45) is 0 Å². The van der Waals surface area contributed by atoms with Crippen LogP contribution in [0.5, 0.6) is 0 Å². The highest BCUT2D eigenvalue weighted by molar-refractivity contribution is 5.87. The number of benzene rings is 1. The van der Waals surface area contributed by atoms with E-state index in [0.29, 0.717) is 13.1 Å². The van der Waals surface area contributed by atoms with Gasteiger partial charge in [0.05, 0.1) is 18.8 Å². The molecular formula is C20H27N3O2. The molecule has 1 aromatic carbocycles. The first-order chi connectivity index (χ1) is 12.0. The molecule has 1 aromatic heterocycles. The zero-order valence-corrected chi connectivity index (χ0v) is 15.3. The van der Waals surface area contributed by atoms with Gasteiger partial charge in [0.15, 0.2) is 0 Å². The van der Waals surface area contributed by atoms with Gasteiger partial charge in [-0.25, -0.2) is 0 Å². The summed E-state index contributed by atoms with van der Waals surface area (Å²) in [6, 6.07) is 6.50. The van der Waals surface area contributed by atoms with Gasteiger partial charge in [0.25, 0.3) is 0 Å². The summed E-state index contributed by atoms with van der Waals surface area (Å²) in [6.45, 7) is 9.95. The van der Waals surface area contributed by atoms with Crippen LogP contribution in [0.25, 0.3) is 10.9 Å². The van der Waals surface area contributed by atoms with E-state index in [4.69, 9.17) is 4.74 Å². The molecule has 1 fully saturated rings. The molecule has 3 heterocycles. The van der Waals surface area contributed by atoms with Gasteiger partial charge in [-0.1, -0.05) is 11.6 Å². The number of H-pyrrole nitrogens is 1. The van der Waals surface area contributed by atoms with E-state index in [-0.39, 0.29) is 18.1 Å². The third-order valence-corrected chi connectivity index (χ3v) is 5.34. The van der Waals surface area contributed by atoms with Crippen LogP contribution in [0.3, 0.4) is 0 Å². The fourth-order valence-corrected chi connectivity index (χ4v) is 4.25. The summed E-state index contributed by atoms with van der Waals surface area (Å²) in [5.41, 5.74) is 5.02. The topological polar surface area (TPSA) is 48.6 Å². The number of hydrogen-bond acceptors (Lipinski definition) is 3. The van der Waals surface area contributed by atoms with Crippen molar-refractivity contribution in [3.05, 3.63) is 35.0 Å². The molecule has 1 saturated heterocycles. The van der Waals surface area contributed by atoms with Gasteiger partial charge in [0.1, 0.15) is 0 Å². The fraction of sp³-hybridized carbons (Fsp3) is 0.550. The largest absolute Gasteiger partial charge is 0.373 e. The summed E-state index contributed by atoms with van der Waals surface area (Å²) in [4.78, 5) is 20.6. The second-order valence-electron chi connectivity index (χ2n) is 7.65. The molecule has 1 amide bonds. The lowest BCUT2D eigenvalue weighted by Gasteiger charge is -2.36. The summed E-state index contributed by atoms with van der Waals surface area (Å²) in [6.07, 6.45) is 1.30. The van der Waals surface area contributed by atoms with Crippen LogP contribution < -0.4 is 0 Å². The number of aryl methyl sites for hydroxylation is 1. The molecule has 0 spiro atoms. The molecule has 1 N–H and O–H groups in total. The lowest BCUT2D eigenvalue weighted by Crippen LogP contribution is -2.50. The molecule has 0 radical (unpaired) electrons. The van der Waals surface area contributed by atoms with Gasteiger partial charge in [-0.3, -0.25) is 9.69 Å². The number of ether oxygens (including phenoxy) is 1. The highest BCUT2D eigenvalue weighted by atomic mass is 16.5. The average molecular weight is 341 g/mol. The minimum Gasteiger partial charge on any atom is -0.373 e. The number of fused-ring (bicyclic) bond motifs is 3. The summed E-state index contributed by atoms with van der Waals surface area (Å²) in [5, 5.41) is 1.26. The molecule has 2 aromatic rings. The van der Waals surface area contributed by atoms with Crippen LogP contribution in [0.4, 0.5) is 0 Å². The Morgan fingerprint density at radius 2 is 2.04 bits per heavy atom. The van der Waals surface area contributed by atoms with E-state index >= 15 is 0 Å². The van der Waals surface area contributed by atoms with Gasteiger partial charge < -0.3 is 14.6 Å². The van der Waals surface area contributed by atoms with Crippen molar-refractivity contribution in [3.63, 3.8) is 0 Å². The summed E-state index contributed by atoms with van der Waals surface area (Å²) in [5.74, 6) is 0.231. The maximum atomic E-state index is 12.8. The lowest BCUT2D eigenvalue weighted by atomic mass is 10.0. The van der Waals surface area contributed by atoms with E-state index in [1.165, 1.54) is 27.7 Å². The Morgan fingerprint density at radius 1 is 1.28 bits per heavy atom.